The van der Waals surface area contributed by atoms with Crippen molar-refractivity contribution in [3.8, 4) is 0 Å². The summed E-state index contributed by atoms with van der Waals surface area (Å²) in [5.41, 5.74) is 2.66. The number of rotatable bonds is 5. The number of pyridine rings is 1. The van der Waals surface area contributed by atoms with Crippen LogP contribution in [0, 0.1) is 5.82 Å². The van der Waals surface area contributed by atoms with Gasteiger partial charge in [-0.15, -0.1) is 0 Å². The van der Waals surface area contributed by atoms with Crippen molar-refractivity contribution in [3.05, 3.63) is 63.6 Å². The molecule has 1 aliphatic rings. The molecule has 0 saturated carbocycles. The third-order valence-corrected chi connectivity index (χ3v) is 5.31. The van der Waals surface area contributed by atoms with Crippen LogP contribution in [-0.2, 0) is 13.0 Å². The van der Waals surface area contributed by atoms with E-state index in [2.05, 4.69) is 24.8 Å². The molecule has 0 atom stereocenters. The topological polar surface area (TPSA) is 82.2 Å². The molecular formula is C21H22FN5O2. The zero-order valence-electron chi connectivity index (χ0n) is 16.2. The Kier molecular flexibility index (Phi) is 5.35. The molecule has 0 unspecified atom stereocenters. The Morgan fingerprint density at radius 2 is 1.97 bits per heavy atom. The minimum Gasteiger partial charge on any atom is -0.368 e. The Labute approximate surface area is 167 Å². The number of fused-ring (bicyclic) bond motifs is 1. The smallest absolute Gasteiger partial charge is 0.270 e. The van der Waals surface area contributed by atoms with E-state index in [1.807, 2.05) is 13.0 Å². The Hall–Kier alpha value is -3.13. The molecule has 8 heteroatoms. The lowest BCUT2D eigenvalue weighted by molar-refractivity contribution is 0.111. The van der Waals surface area contributed by atoms with Gasteiger partial charge in [0.1, 0.15) is 16.9 Å². The van der Waals surface area contributed by atoms with E-state index in [9.17, 15) is 14.0 Å². The van der Waals surface area contributed by atoms with Crippen molar-refractivity contribution in [2.75, 3.05) is 31.1 Å². The van der Waals surface area contributed by atoms with Crippen LogP contribution in [-0.4, -0.2) is 52.3 Å². The van der Waals surface area contributed by atoms with Gasteiger partial charge < -0.3 is 9.88 Å². The maximum absolute atomic E-state index is 15.0. The Morgan fingerprint density at radius 3 is 2.62 bits per heavy atom. The first kappa shape index (κ1) is 19.2. The van der Waals surface area contributed by atoms with Gasteiger partial charge in [0.05, 0.1) is 17.4 Å². The van der Waals surface area contributed by atoms with Gasteiger partial charge in [-0.05, 0) is 24.6 Å². The average molecular weight is 395 g/mol. The zero-order chi connectivity index (χ0) is 20.4. The van der Waals surface area contributed by atoms with Crippen LogP contribution in [0.3, 0.4) is 0 Å². The molecule has 2 aromatic heterocycles. The molecule has 0 radical (unpaired) electrons. The molecule has 0 bridgehead atoms. The number of carbonyl (C=O) groups excluding carboxylic acids is 1. The monoisotopic (exact) mass is 395 g/mol. The molecule has 0 aliphatic carbocycles. The highest BCUT2D eigenvalue weighted by molar-refractivity contribution is 5.75. The molecule has 3 aromatic rings. The molecule has 29 heavy (non-hydrogen) atoms. The largest absolute Gasteiger partial charge is 0.368 e. The van der Waals surface area contributed by atoms with Crippen LogP contribution < -0.4 is 10.5 Å². The maximum atomic E-state index is 15.0. The molecule has 1 aliphatic heterocycles. The van der Waals surface area contributed by atoms with E-state index in [1.165, 1.54) is 0 Å². The van der Waals surface area contributed by atoms with Crippen molar-refractivity contribution >= 4 is 23.0 Å². The van der Waals surface area contributed by atoms with Crippen LogP contribution in [0.25, 0.3) is 11.0 Å². The molecule has 1 saturated heterocycles. The quantitative estimate of drug-likeness (QED) is 0.667. The lowest BCUT2D eigenvalue weighted by atomic mass is 10.1. The van der Waals surface area contributed by atoms with Crippen molar-refractivity contribution in [1.82, 2.24) is 19.9 Å². The molecule has 7 nitrogen and oxygen atoms in total. The first-order valence-corrected chi connectivity index (χ1v) is 9.68. The number of nitrogens with zero attached hydrogens (tertiary/aromatic N) is 4. The highest BCUT2D eigenvalue weighted by Gasteiger charge is 2.20. The van der Waals surface area contributed by atoms with Gasteiger partial charge in [-0.25, -0.2) is 9.37 Å². The number of anilines is 1. The van der Waals surface area contributed by atoms with Gasteiger partial charge in [0.15, 0.2) is 12.1 Å². The number of benzene rings is 1. The van der Waals surface area contributed by atoms with Crippen molar-refractivity contribution in [2.45, 2.75) is 19.9 Å². The second kappa shape index (κ2) is 8.08. The standard InChI is InChI=1S/C21H22FN5O2/c1-2-17-21(29)25-20-18(24-17)6-3-14(19(20)22)12-26-7-9-27(10-8-26)16-5-4-15(13-28)23-11-16/h3-6,11,13H,2,7-10,12H2,1H3,(H,25,29). The van der Waals surface area contributed by atoms with Crippen LogP contribution in [0.15, 0.2) is 35.3 Å². The fraction of sp³-hybridized carbons (Fsp3) is 0.333. The van der Waals surface area contributed by atoms with E-state index >= 15 is 0 Å². The van der Waals surface area contributed by atoms with E-state index in [1.54, 1.807) is 24.4 Å². The van der Waals surface area contributed by atoms with Gasteiger partial charge in [0.25, 0.3) is 5.56 Å². The van der Waals surface area contributed by atoms with Crippen molar-refractivity contribution < 1.29 is 9.18 Å². The van der Waals surface area contributed by atoms with Crippen molar-refractivity contribution in [1.29, 1.82) is 0 Å². The lowest BCUT2D eigenvalue weighted by Gasteiger charge is -2.36. The van der Waals surface area contributed by atoms with Gasteiger partial charge in [0, 0.05) is 38.3 Å². The zero-order valence-corrected chi connectivity index (χ0v) is 16.2. The number of H-pyrrole nitrogens is 1. The molecule has 4 rings (SSSR count). The predicted octanol–water partition coefficient (Wildman–Crippen LogP) is 2.15. The van der Waals surface area contributed by atoms with E-state index in [0.717, 1.165) is 38.2 Å². The second-order valence-corrected chi connectivity index (χ2v) is 7.12. The number of carbonyl (C=O) groups is 1. The Balaban J connectivity index is 1.46. The minimum absolute atomic E-state index is 0.171. The number of aryl methyl sites for hydroxylation is 1. The summed E-state index contributed by atoms with van der Waals surface area (Å²) < 4.78 is 15.0. The highest BCUT2D eigenvalue weighted by atomic mass is 19.1. The summed E-state index contributed by atoms with van der Waals surface area (Å²) in [5.74, 6) is -0.411. The molecule has 1 fully saturated rings. The molecule has 150 valence electrons. The van der Waals surface area contributed by atoms with E-state index in [0.29, 0.717) is 35.4 Å². The predicted molar refractivity (Wildman–Crippen MR) is 109 cm³/mol. The van der Waals surface area contributed by atoms with Crippen LogP contribution in [0.1, 0.15) is 28.7 Å². The number of aromatic nitrogens is 3. The summed E-state index contributed by atoms with van der Waals surface area (Å²) in [5, 5.41) is 0. The summed E-state index contributed by atoms with van der Waals surface area (Å²) in [7, 11) is 0. The number of aromatic amines is 1. The molecular weight excluding hydrogens is 373 g/mol. The van der Waals surface area contributed by atoms with Crippen LogP contribution in [0.2, 0.25) is 0 Å². The van der Waals surface area contributed by atoms with Crippen LogP contribution >= 0.6 is 0 Å². The SMILES string of the molecule is CCc1nc2ccc(CN3CCN(c4ccc(C=O)nc4)CC3)c(F)c2[nH]c1=O. The number of piperazine rings is 1. The summed E-state index contributed by atoms with van der Waals surface area (Å²) in [4.78, 5) is 38.1. The normalized spacial score (nSPS) is 15.0. The van der Waals surface area contributed by atoms with Crippen molar-refractivity contribution in [3.63, 3.8) is 0 Å². The Bertz CT molecular complexity index is 1090. The maximum Gasteiger partial charge on any atom is 0.270 e. The van der Waals surface area contributed by atoms with Crippen LogP contribution in [0.5, 0.6) is 0 Å². The molecule has 0 spiro atoms. The van der Waals surface area contributed by atoms with Gasteiger partial charge >= 0.3 is 0 Å². The van der Waals surface area contributed by atoms with E-state index in [-0.39, 0.29) is 11.1 Å². The second-order valence-electron chi connectivity index (χ2n) is 7.12. The third-order valence-electron chi connectivity index (χ3n) is 5.31. The van der Waals surface area contributed by atoms with E-state index in [4.69, 9.17) is 0 Å². The number of aldehydes is 1. The molecule has 1 aromatic carbocycles. The first-order valence-electron chi connectivity index (χ1n) is 9.68. The van der Waals surface area contributed by atoms with Gasteiger partial charge in [0.2, 0.25) is 0 Å². The number of hydrogen-bond donors (Lipinski definition) is 1. The van der Waals surface area contributed by atoms with Gasteiger partial charge in [-0.2, -0.15) is 0 Å². The fourth-order valence-electron chi connectivity index (χ4n) is 3.62. The fourth-order valence-corrected chi connectivity index (χ4v) is 3.62. The minimum atomic E-state index is -0.411. The molecule has 1 N–H and O–H groups in total. The highest BCUT2D eigenvalue weighted by Crippen LogP contribution is 2.21. The summed E-state index contributed by atoms with van der Waals surface area (Å²) in [6.07, 6.45) is 2.94. The summed E-state index contributed by atoms with van der Waals surface area (Å²) in [6.45, 7) is 5.44. The third kappa shape index (κ3) is 3.88. The van der Waals surface area contributed by atoms with Crippen LogP contribution in [0.4, 0.5) is 10.1 Å². The van der Waals surface area contributed by atoms with Gasteiger partial charge in [-0.3, -0.25) is 19.5 Å². The first-order chi connectivity index (χ1) is 14.1. The molecule has 3 heterocycles. The van der Waals surface area contributed by atoms with Gasteiger partial charge in [-0.1, -0.05) is 13.0 Å². The summed E-state index contributed by atoms with van der Waals surface area (Å²) >= 11 is 0. The lowest BCUT2D eigenvalue weighted by Crippen LogP contribution is -2.46. The average Bonchev–Trinajstić information content (AvgIpc) is 2.76. The number of hydrogen-bond acceptors (Lipinski definition) is 6. The van der Waals surface area contributed by atoms with E-state index < -0.39 is 5.82 Å². The molecule has 0 amide bonds. The summed E-state index contributed by atoms with van der Waals surface area (Å²) in [6, 6.07) is 7.11. The number of halogens is 1. The number of nitrogens with one attached hydrogen (secondary N) is 1. The van der Waals surface area contributed by atoms with Crippen molar-refractivity contribution in [2.24, 2.45) is 0 Å². The Morgan fingerprint density at radius 1 is 1.17 bits per heavy atom.